The third-order valence-corrected chi connectivity index (χ3v) is 2.83. The van der Waals surface area contributed by atoms with Crippen LogP contribution in [-0.2, 0) is 4.74 Å². The molecule has 2 saturated heterocycles. The summed E-state index contributed by atoms with van der Waals surface area (Å²) in [7, 11) is 0. The van der Waals surface area contributed by atoms with Crippen LogP contribution < -0.4 is 0 Å². The van der Waals surface area contributed by atoms with E-state index in [1.165, 1.54) is 19.5 Å². The van der Waals surface area contributed by atoms with Gasteiger partial charge in [-0.05, 0) is 19.9 Å². The standard InChI is InChI=1S/C8H15NO/c1-3-9-5-4-8(2)7(6-9)10-8/h7H,3-6H2,1-2H3/t7-,8+/m1/s1. The van der Waals surface area contributed by atoms with Crippen LogP contribution in [0.1, 0.15) is 20.3 Å². The first-order chi connectivity index (χ1) is 4.74. The largest absolute Gasteiger partial charge is 0.365 e. The average molecular weight is 141 g/mol. The molecular formula is C8H15NO. The van der Waals surface area contributed by atoms with E-state index in [0.29, 0.717) is 6.10 Å². The fraction of sp³-hybridized carbons (Fsp3) is 1.00. The van der Waals surface area contributed by atoms with Crippen molar-refractivity contribution in [2.24, 2.45) is 0 Å². The summed E-state index contributed by atoms with van der Waals surface area (Å²) in [5, 5.41) is 0. The van der Waals surface area contributed by atoms with Crippen molar-refractivity contribution in [3.63, 3.8) is 0 Å². The zero-order valence-electron chi connectivity index (χ0n) is 6.76. The lowest BCUT2D eigenvalue weighted by atomic mass is 9.99. The topological polar surface area (TPSA) is 15.8 Å². The summed E-state index contributed by atoms with van der Waals surface area (Å²) in [5.41, 5.74) is 0.283. The van der Waals surface area contributed by atoms with Gasteiger partial charge >= 0.3 is 0 Å². The first kappa shape index (κ1) is 6.62. The van der Waals surface area contributed by atoms with Gasteiger partial charge in [-0.15, -0.1) is 0 Å². The Morgan fingerprint density at radius 2 is 2.50 bits per heavy atom. The van der Waals surface area contributed by atoms with Crippen LogP contribution in [0.3, 0.4) is 0 Å². The summed E-state index contributed by atoms with van der Waals surface area (Å²) in [6, 6.07) is 0. The molecule has 0 aromatic rings. The Labute approximate surface area is 62.2 Å². The molecule has 0 unspecified atom stereocenters. The Balaban J connectivity index is 1.93. The SMILES string of the molecule is CCN1CC[C@]2(C)O[C@@H]2C1. The van der Waals surface area contributed by atoms with E-state index in [2.05, 4.69) is 18.7 Å². The highest BCUT2D eigenvalue weighted by Crippen LogP contribution is 2.42. The van der Waals surface area contributed by atoms with Crippen LogP contribution in [0, 0.1) is 0 Å². The van der Waals surface area contributed by atoms with Gasteiger partial charge in [0.1, 0.15) is 0 Å². The summed E-state index contributed by atoms with van der Waals surface area (Å²) >= 11 is 0. The molecule has 0 aliphatic carbocycles. The molecule has 2 fully saturated rings. The fourth-order valence-corrected chi connectivity index (χ4v) is 1.73. The van der Waals surface area contributed by atoms with Crippen molar-refractivity contribution in [3.05, 3.63) is 0 Å². The molecule has 0 bridgehead atoms. The molecular weight excluding hydrogens is 126 g/mol. The lowest BCUT2D eigenvalue weighted by molar-refractivity contribution is 0.241. The van der Waals surface area contributed by atoms with Crippen LogP contribution in [-0.4, -0.2) is 36.2 Å². The Morgan fingerprint density at radius 3 is 3.10 bits per heavy atom. The molecule has 58 valence electrons. The number of likely N-dealkylation sites (tertiary alicyclic amines) is 1. The zero-order chi connectivity index (χ0) is 7.19. The number of hydrogen-bond donors (Lipinski definition) is 0. The minimum atomic E-state index is 0.283. The second kappa shape index (κ2) is 1.95. The summed E-state index contributed by atoms with van der Waals surface area (Å²) in [6.07, 6.45) is 1.78. The van der Waals surface area contributed by atoms with Crippen molar-refractivity contribution in [1.82, 2.24) is 4.90 Å². The maximum atomic E-state index is 5.56. The monoisotopic (exact) mass is 141 g/mol. The Bertz CT molecular complexity index is 148. The maximum absolute atomic E-state index is 5.56. The van der Waals surface area contributed by atoms with E-state index in [9.17, 15) is 0 Å². The minimum Gasteiger partial charge on any atom is -0.365 e. The molecule has 0 saturated carbocycles. The van der Waals surface area contributed by atoms with Crippen molar-refractivity contribution in [2.45, 2.75) is 32.0 Å². The summed E-state index contributed by atoms with van der Waals surface area (Å²) < 4.78 is 5.56. The molecule has 0 radical (unpaired) electrons. The number of likely N-dealkylation sites (N-methyl/N-ethyl adjacent to an activating group) is 1. The number of epoxide rings is 1. The molecule has 2 nitrogen and oxygen atoms in total. The summed E-state index contributed by atoms with van der Waals surface area (Å²) in [5.74, 6) is 0. The summed E-state index contributed by atoms with van der Waals surface area (Å²) in [6.45, 7) is 8.00. The van der Waals surface area contributed by atoms with Gasteiger partial charge in [-0.3, -0.25) is 0 Å². The molecule has 0 N–H and O–H groups in total. The molecule has 10 heavy (non-hydrogen) atoms. The predicted molar refractivity (Wildman–Crippen MR) is 40.0 cm³/mol. The Hall–Kier alpha value is -0.0800. The number of rotatable bonds is 1. The molecule has 2 atom stereocenters. The van der Waals surface area contributed by atoms with E-state index < -0.39 is 0 Å². The average Bonchev–Trinajstić information content (AvgIpc) is 2.59. The number of ether oxygens (including phenoxy) is 1. The van der Waals surface area contributed by atoms with E-state index in [0.717, 1.165) is 6.54 Å². The van der Waals surface area contributed by atoms with Gasteiger partial charge in [0.15, 0.2) is 0 Å². The van der Waals surface area contributed by atoms with Crippen LogP contribution in [0.25, 0.3) is 0 Å². The number of hydrogen-bond acceptors (Lipinski definition) is 2. The predicted octanol–water partition coefficient (Wildman–Crippen LogP) is 0.869. The molecule has 0 spiro atoms. The van der Waals surface area contributed by atoms with Crippen molar-refractivity contribution in [3.8, 4) is 0 Å². The number of fused-ring (bicyclic) bond motifs is 1. The van der Waals surface area contributed by atoms with Crippen molar-refractivity contribution in [1.29, 1.82) is 0 Å². The van der Waals surface area contributed by atoms with Gasteiger partial charge in [-0.25, -0.2) is 0 Å². The maximum Gasteiger partial charge on any atom is 0.0997 e. The van der Waals surface area contributed by atoms with Gasteiger partial charge in [0, 0.05) is 13.1 Å². The third-order valence-electron chi connectivity index (χ3n) is 2.83. The molecule has 2 aliphatic rings. The lowest BCUT2D eigenvalue weighted by Crippen LogP contribution is -2.37. The highest BCUT2D eigenvalue weighted by Gasteiger charge is 2.54. The van der Waals surface area contributed by atoms with Crippen molar-refractivity contribution in [2.75, 3.05) is 19.6 Å². The number of nitrogens with zero attached hydrogens (tertiary/aromatic N) is 1. The molecule has 2 heteroatoms. The van der Waals surface area contributed by atoms with Crippen molar-refractivity contribution < 1.29 is 4.74 Å². The first-order valence-corrected chi connectivity index (χ1v) is 4.15. The number of piperidine rings is 1. The van der Waals surface area contributed by atoms with Crippen molar-refractivity contribution >= 4 is 0 Å². The van der Waals surface area contributed by atoms with Gasteiger partial charge in [-0.1, -0.05) is 6.92 Å². The zero-order valence-corrected chi connectivity index (χ0v) is 6.76. The van der Waals surface area contributed by atoms with Crippen LogP contribution in [0.4, 0.5) is 0 Å². The third kappa shape index (κ3) is 0.867. The van der Waals surface area contributed by atoms with Gasteiger partial charge in [-0.2, -0.15) is 0 Å². The fourth-order valence-electron chi connectivity index (χ4n) is 1.73. The second-order valence-electron chi connectivity index (χ2n) is 3.56. The van der Waals surface area contributed by atoms with E-state index in [1.54, 1.807) is 0 Å². The van der Waals surface area contributed by atoms with Gasteiger partial charge in [0.25, 0.3) is 0 Å². The second-order valence-corrected chi connectivity index (χ2v) is 3.56. The summed E-state index contributed by atoms with van der Waals surface area (Å²) in [4.78, 5) is 2.46. The van der Waals surface area contributed by atoms with E-state index in [-0.39, 0.29) is 5.60 Å². The lowest BCUT2D eigenvalue weighted by Gasteiger charge is -2.24. The minimum absolute atomic E-state index is 0.283. The molecule has 0 amide bonds. The van der Waals surface area contributed by atoms with E-state index >= 15 is 0 Å². The molecule has 2 heterocycles. The highest BCUT2D eigenvalue weighted by atomic mass is 16.6. The van der Waals surface area contributed by atoms with Gasteiger partial charge in [0.2, 0.25) is 0 Å². The van der Waals surface area contributed by atoms with Crippen LogP contribution in [0.15, 0.2) is 0 Å². The molecule has 2 aliphatic heterocycles. The smallest absolute Gasteiger partial charge is 0.0997 e. The Kier molecular flexibility index (Phi) is 1.29. The Morgan fingerprint density at radius 1 is 1.70 bits per heavy atom. The van der Waals surface area contributed by atoms with Gasteiger partial charge in [0.05, 0.1) is 11.7 Å². The van der Waals surface area contributed by atoms with Crippen LogP contribution >= 0.6 is 0 Å². The normalized spacial score (nSPS) is 46.8. The first-order valence-electron chi connectivity index (χ1n) is 4.15. The van der Waals surface area contributed by atoms with Gasteiger partial charge < -0.3 is 9.64 Å². The quantitative estimate of drug-likeness (QED) is 0.504. The van der Waals surface area contributed by atoms with E-state index in [4.69, 9.17) is 4.74 Å². The molecule has 0 aromatic carbocycles. The molecule has 0 aromatic heterocycles. The van der Waals surface area contributed by atoms with Crippen LogP contribution in [0.2, 0.25) is 0 Å². The van der Waals surface area contributed by atoms with E-state index in [1.807, 2.05) is 0 Å². The highest BCUT2D eigenvalue weighted by molar-refractivity contribution is 5.03. The van der Waals surface area contributed by atoms with Crippen LogP contribution in [0.5, 0.6) is 0 Å². The molecule has 2 rings (SSSR count).